The monoisotopic (exact) mass is 360 g/mol. The second kappa shape index (κ2) is 8.43. The highest BCUT2D eigenvalue weighted by molar-refractivity contribution is 5.89. The second-order valence-corrected chi connectivity index (χ2v) is 8.72. The predicted molar refractivity (Wildman–Crippen MR) is 103 cm³/mol. The summed E-state index contributed by atoms with van der Waals surface area (Å²) in [7, 11) is 2.40. The molecule has 2 aliphatic heterocycles. The number of ether oxygens (including phenoxy) is 2. The normalized spacial score (nSPS) is 28.5. The maximum Gasteiger partial charge on any atom is 0.338 e. The van der Waals surface area contributed by atoms with Gasteiger partial charge < -0.3 is 14.0 Å². The first-order valence-corrected chi connectivity index (χ1v) is 10.2. The molecule has 2 saturated heterocycles. The molecule has 4 heteroatoms. The van der Waals surface area contributed by atoms with Crippen molar-refractivity contribution in [3.8, 4) is 5.75 Å². The standard InChI is InChI=1S/C22H34NO3/c1-17(2)15-25-20-11-9-18(10-12-20)22(24)26-16-19-7-6-14-23(3)13-5-4-8-21(19)23/h9-12,17,19,21H,4-8,13-16H2,1-3H3/q+1/t19-,21+,23+/m1/s1. The van der Waals surface area contributed by atoms with Gasteiger partial charge in [-0.05, 0) is 55.9 Å². The summed E-state index contributed by atoms with van der Waals surface area (Å²) in [6.45, 7) is 8.05. The fraction of sp³-hybridized carbons (Fsp3) is 0.682. The average Bonchev–Trinajstić information content (AvgIpc) is 2.64. The van der Waals surface area contributed by atoms with Crippen LogP contribution in [0.2, 0.25) is 0 Å². The number of nitrogens with zero attached hydrogens (tertiary/aromatic N) is 1. The Morgan fingerprint density at radius 1 is 1.12 bits per heavy atom. The lowest BCUT2D eigenvalue weighted by Crippen LogP contribution is -2.61. The molecule has 3 rings (SSSR count). The Labute approximate surface area is 158 Å². The van der Waals surface area contributed by atoms with Gasteiger partial charge in [-0.15, -0.1) is 0 Å². The van der Waals surface area contributed by atoms with Crippen LogP contribution in [0, 0.1) is 11.8 Å². The maximum atomic E-state index is 12.4. The number of esters is 1. The molecular formula is C22H34NO3+. The van der Waals surface area contributed by atoms with Crippen LogP contribution in [0.5, 0.6) is 5.75 Å². The van der Waals surface area contributed by atoms with Gasteiger partial charge in [0.05, 0.1) is 38.3 Å². The van der Waals surface area contributed by atoms with Crippen LogP contribution in [-0.2, 0) is 4.74 Å². The quantitative estimate of drug-likeness (QED) is 0.561. The zero-order valence-electron chi connectivity index (χ0n) is 16.6. The lowest BCUT2D eigenvalue weighted by Gasteiger charge is -2.51. The zero-order chi connectivity index (χ0) is 18.6. The summed E-state index contributed by atoms with van der Waals surface area (Å²) in [6, 6.07) is 7.99. The third-order valence-electron chi connectivity index (χ3n) is 6.11. The SMILES string of the molecule is CC(C)COc1ccc(C(=O)OC[C@H]2CCC[N@+]3(C)CCCC[C@@H]23)cc1. The lowest BCUT2D eigenvalue weighted by atomic mass is 9.82. The third kappa shape index (κ3) is 4.59. The van der Waals surface area contributed by atoms with Crippen molar-refractivity contribution in [2.45, 2.75) is 52.0 Å². The molecule has 3 atom stereocenters. The first-order valence-electron chi connectivity index (χ1n) is 10.2. The molecule has 0 radical (unpaired) electrons. The summed E-state index contributed by atoms with van der Waals surface area (Å²) in [5.74, 6) is 1.58. The molecule has 144 valence electrons. The van der Waals surface area contributed by atoms with E-state index in [0.29, 0.717) is 36.7 Å². The van der Waals surface area contributed by atoms with Crippen molar-refractivity contribution in [3.05, 3.63) is 29.8 Å². The fourth-order valence-electron chi connectivity index (χ4n) is 4.64. The van der Waals surface area contributed by atoms with E-state index in [-0.39, 0.29) is 5.97 Å². The van der Waals surface area contributed by atoms with Gasteiger partial charge in [-0.2, -0.15) is 0 Å². The Bertz CT molecular complexity index is 594. The van der Waals surface area contributed by atoms with Gasteiger partial charge in [0.1, 0.15) is 12.4 Å². The highest BCUT2D eigenvalue weighted by Gasteiger charge is 2.43. The Morgan fingerprint density at radius 3 is 2.58 bits per heavy atom. The Balaban J connectivity index is 1.53. The van der Waals surface area contributed by atoms with Crippen LogP contribution >= 0.6 is 0 Å². The molecular weight excluding hydrogens is 326 g/mol. The van der Waals surface area contributed by atoms with Gasteiger partial charge in [0, 0.05) is 12.3 Å². The summed E-state index contributed by atoms with van der Waals surface area (Å²) in [5, 5.41) is 0. The van der Waals surface area contributed by atoms with Crippen molar-refractivity contribution < 1.29 is 18.8 Å². The summed E-state index contributed by atoms with van der Waals surface area (Å²) < 4.78 is 12.6. The molecule has 2 heterocycles. The van der Waals surface area contributed by atoms with E-state index in [1.165, 1.54) is 49.7 Å². The van der Waals surface area contributed by atoms with Crippen molar-refractivity contribution in [2.75, 3.05) is 33.4 Å². The van der Waals surface area contributed by atoms with E-state index < -0.39 is 0 Å². The average molecular weight is 361 g/mol. The van der Waals surface area contributed by atoms with Gasteiger partial charge in [-0.25, -0.2) is 4.79 Å². The number of hydrogen-bond donors (Lipinski definition) is 0. The smallest absolute Gasteiger partial charge is 0.338 e. The largest absolute Gasteiger partial charge is 0.493 e. The van der Waals surface area contributed by atoms with Crippen molar-refractivity contribution in [3.63, 3.8) is 0 Å². The highest BCUT2D eigenvalue weighted by Crippen LogP contribution is 2.36. The molecule has 0 aliphatic carbocycles. The number of benzene rings is 1. The molecule has 0 bridgehead atoms. The van der Waals surface area contributed by atoms with E-state index in [0.717, 1.165) is 5.75 Å². The van der Waals surface area contributed by atoms with E-state index >= 15 is 0 Å². The minimum atomic E-state index is -0.212. The molecule has 0 aromatic heterocycles. The van der Waals surface area contributed by atoms with E-state index in [4.69, 9.17) is 9.47 Å². The molecule has 26 heavy (non-hydrogen) atoms. The van der Waals surface area contributed by atoms with Crippen LogP contribution in [0.15, 0.2) is 24.3 Å². The Kier molecular flexibility index (Phi) is 6.23. The Hall–Kier alpha value is -1.55. The molecule has 2 fully saturated rings. The fourth-order valence-corrected chi connectivity index (χ4v) is 4.64. The van der Waals surface area contributed by atoms with Gasteiger partial charge in [-0.3, -0.25) is 0 Å². The molecule has 0 spiro atoms. The minimum absolute atomic E-state index is 0.212. The van der Waals surface area contributed by atoms with Gasteiger partial charge in [0.25, 0.3) is 0 Å². The number of piperidine rings is 2. The molecule has 2 aliphatic rings. The molecule has 0 amide bonds. The van der Waals surface area contributed by atoms with Crippen LogP contribution in [0.4, 0.5) is 0 Å². The number of rotatable bonds is 6. The van der Waals surface area contributed by atoms with Gasteiger partial charge in [0.15, 0.2) is 0 Å². The maximum absolute atomic E-state index is 12.4. The van der Waals surface area contributed by atoms with Crippen LogP contribution in [0.25, 0.3) is 0 Å². The van der Waals surface area contributed by atoms with Crippen LogP contribution < -0.4 is 4.74 Å². The third-order valence-corrected chi connectivity index (χ3v) is 6.11. The Morgan fingerprint density at radius 2 is 1.85 bits per heavy atom. The van der Waals surface area contributed by atoms with E-state index in [1.807, 2.05) is 12.1 Å². The first kappa shape index (κ1) is 19.2. The number of hydrogen-bond acceptors (Lipinski definition) is 3. The summed E-state index contributed by atoms with van der Waals surface area (Å²) >= 11 is 0. The lowest BCUT2D eigenvalue weighted by molar-refractivity contribution is -0.947. The van der Waals surface area contributed by atoms with Crippen molar-refractivity contribution in [1.82, 2.24) is 0 Å². The molecule has 0 N–H and O–H groups in total. The number of carbonyl (C=O) groups excluding carboxylic acids is 1. The van der Waals surface area contributed by atoms with E-state index in [9.17, 15) is 4.79 Å². The highest BCUT2D eigenvalue weighted by atomic mass is 16.5. The van der Waals surface area contributed by atoms with E-state index in [2.05, 4.69) is 20.9 Å². The van der Waals surface area contributed by atoms with Crippen molar-refractivity contribution in [1.29, 1.82) is 0 Å². The molecule has 1 aromatic rings. The van der Waals surface area contributed by atoms with Gasteiger partial charge >= 0.3 is 5.97 Å². The molecule has 4 nitrogen and oxygen atoms in total. The van der Waals surface area contributed by atoms with Crippen molar-refractivity contribution >= 4 is 5.97 Å². The minimum Gasteiger partial charge on any atom is -0.493 e. The molecule has 0 unspecified atom stereocenters. The summed E-state index contributed by atoms with van der Waals surface area (Å²) in [5.41, 5.74) is 0.610. The van der Waals surface area contributed by atoms with Crippen LogP contribution in [0.1, 0.15) is 56.3 Å². The molecule has 0 saturated carbocycles. The second-order valence-electron chi connectivity index (χ2n) is 8.72. The predicted octanol–water partition coefficient (Wildman–Crippen LogP) is 4.29. The number of carbonyl (C=O) groups is 1. The summed E-state index contributed by atoms with van der Waals surface area (Å²) in [6.07, 6.45) is 6.37. The topological polar surface area (TPSA) is 35.5 Å². The van der Waals surface area contributed by atoms with Crippen LogP contribution in [-0.4, -0.2) is 49.8 Å². The van der Waals surface area contributed by atoms with E-state index in [1.54, 1.807) is 12.1 Å². The number of fused-ring (bicyclic) bond motifs is 1. The van der Waals surface area contributed by atoms with Gasteiger partial charge in [0.2, 0.25) is 0 Å². The van der Waals surface area contributed by atoms with Gasteiger partial charge in [-0.1, -0.05) is 13.8 Å². The summed E-state index contributed by atoms with van der Waals surface area (Å²) in [4.78, 5) is 12.4. The van der Waals surface area contributed by atoms with Crippen LogP contribution in [0.3, 0.4) is 0 Å². The zero-order valence-corrected chi connectivity index (χ0v) is 16.6. The number of quaternary nitrogens is 1. The first-order chi connectivity index (χ1) is 12.5. The molecule has 1 aromatic carbocycles. The van der Waals surface area contributed by atoms with Crippen molar-refractivity contribution in [2.24, 2.45) is 11.8 Å².